The molecular weight excluding hydrogens is 282 g/mol. The van der Waals surface area contributed by atoms with Crippen molar-refractivity contribution in [2.75, 3.05) is 5.73 Å². The fourth-order valence-electron chi connectivity index (χ4n) is 1.33. The molecule has 21 heavy (non-hydrogen) atoms. The molecule has 1 heterocycles. The van der Waals surface area contributed by atoms with E-state index in [2.05, 4.69) is 25.1 Å². The van der Waals surface area contributed by atoms with Gasteiger partial charge in [0.25, 0.3) is 5.69 Å². The number of rotatable bonds is 4. The number of anilines is 1. The largest absolute Gasteiger partial charge is 0.507 e. The second kappa shape index (κ2) is 5.64. The van der Waals surface area contributed by atoms with Crippen LogP contribution >= 0.6 is 0 Å². The molecule has 1 aromatic carbocycles. The molecule has 0 atom stereocenters. The fourth-order valence-corrected chi connectivity index (χ4v) is 1.33. The van der Waals surface area contributed by atoms with E-state index in [0.29, 0.717) is 0 Å². The van der Waals surface area contributed by atoms with E-state index in [-0.39, 0.29) is 34.3 Å². The highest BCUT2D eigenvalue weighted by atomic mass is 16.6. The number of nitrogen functional groups attached to an aromatic ring is 1. The van der Waals surface area contributed by atoms with Gasteiger partial charge in [-0.1, -0.05) is 0 Å². The average Bonchev–Trinajstić information content (AvgIpc) is 2.86. The normalized spacial score (nSPS) is 11.9. The molecule has 11 nitrogen and oxygen atoms in total. The summed E-state index contributed by atoms with van der Waals surface area (Å²) in [5.41, 5.74) is 10.9. The summed E-state index contributed by atoms with van der Waals surface area (Å²) < 4.78 is 4.34. The van der Waals surface area contributed by atoms with Gasteiger partial charge in [0.2, 0.25) is 0 Å². The number of nitro benzene ring substituents is 1. The number of non-ortho nitro benzene ring substituents is 1. The van der Waals surface area contributed by atoms with Crippen LogP contribution in [0.15, 0.2) is 33.0 Å². The number of nitro groups is 1. The Morgan fingerprint density at radius 1 is 1.48 bits per heavy atom. The zero-order chi connectivity index (χ0) is 15.4. The standard InChI is InChI=1S/C10H9N7O4/c11-9(8-10(12)16-21-15-8)14-13-4-5-3-6(17(19)20)1-2-7(5)18/h1-4,18H,(H2,11,14)(H2,12,16)/b13-4-. The van der Waals surface area contributed by atoms with Crippen LogP contribution in [0.2, 0.25) is 0 Å². The Bertz CT molecular complexity index is 737. The highest BCUT2D eigenvalue weighted by Crippen LogP contribution is 2.21. The van der Waals surface area contributed by atoms with E-state index >= 15 is 0 Å². The number of phenolic OH excluding ortho intramolecular Hbond substituents is 1. The van der Waals surface area contributed by atoms with Crippen molar-refractivity contribution in [2.45, 2.75) is 0 Å². The lowest BCUT2D eigenvalue weighted by atomic mass is 10.2. The van der Waals surface area contributed by atoms with Gasteiger partial charge in [0.05, 0.1) is 11.1 Å². The van der Waals surface area contributed by atoms with Crippen molar-refractivity contribution in [3.05, 3.63) is 39.6 Å². The van der Waals surface area contributed by atoms with Gasteiger partial charge in [-0.05, 0) is 16.4 Å². The number of benzene rings is 1. The predicted molar refractivity (Wildman–Crippen MR) is 71.8 cm³/mol. The molecule has 0 aliphatic carbocycles. The quantitative estimate of drug-likeness (QED) is 0.304. The summed E-state index contributed by atoms with van der Waals surface area (Å²) in [4.78, 5) is 10.0. The van der Waals surface area contributed by atoms with Crippen LogP contribution in [-0.2, 0) is 0 Å². The maximum absolute atomic E-state index is 10.6. The molecule has 0 radical (unpaired) electrons. The van der Waals surface area contributed by atoms with Gasteiger partial charge in [0.1, 0.15) is 5.75 Å². The van der Waals surface area contributed by atoms with E-state index in [9.17, 15) is 15.2 Å². The number of nitrogens with two attached hydrogens (primary N) is 2. The first-order valence-corrected chi connectivity index (χ1v) is 5.41. The molecule has 0 unspecified atom stereocenters. The molecule has 0 amide bonds. The van der Waals surface area contributed by atoms with Crippen molar-refractivity contribution in [1.29, 1.82) is 0 Å². The lowest BCUT2D eigenvalue weighted by Gasteiger charge is -1.97. The topological polar surface area (TPSA) is 179 Å². The molecule has 0 spiro atoms. The molecule has 0 bridgehead atoms. The molecule has 0 aliphatic heterocycles. The molecule has 0 saturated carbocycles. The molecular formula is C10H9N7O4. The van der Waals surface area contributed by atoms with Crippen molar-refractivity contribution >= 4 is 23.6 Å². The van der Waals surface area contributed by atoms with Gasteiger partial charge in [-0.15, -0.1) is 5.10 Å². The Hall–Kier alpha value is -3.50. The van der Waals surface area contributed by atoms with Crippen molar-refractivity contribution < 1.29 is 14.7 Å². The number of hydrogen-bond donors (Lipinski definition) is 3. The summed E-state index contributed by atoms with van der Waals surface area (Å²) in [6.07, 6.45) is 1.10. The Morgan fingerprint density at radius 3 is 2.86 bits per heavy atom. The first kappa shape index (κ1) is 13.9. The molecule has 0 fully saturated rings. The summed E-state index contributed by atoms with van der Waals surface area (Å²) in [5.74, 6) is -0.402. The summed E-state index contributed by atoms with van der Waals surface area (Å²) >= 11 is 0. The van der Waals surface area contributed by atoms with Crippen LogP contribution in [0.1, 0.15) is 11.3 Å². The summed E-state index contributed by atoms with van der Waals surface area (Å²) in [7, 11) is 0. The van der Waals surface area contributed by atoms with Gasteiger partial charge in [0.15, 0.2) is 17.3 Å². The number of nitrogens with zero attached hydrogens (tertiary/aromatic N) is 5. The second-order valence-corrected chi connectivity index (χ2v) is 3.73. The van der Waals surface area contributed by atoms with Gasteiger partial charge in [-0.3, -0.25) is 10.1 Å². The van der Waals surface area contributed by atoms with Gasteiger partial charge >= 0.3 is 0 Å². The van der Waals surface area contributed by atoms with E-state index in [0.717, 1.165) is 18.3 Å². The minimum Gasteiger partial charge on any atom is -0.507 e. The molecule has 1 aromatic heterocycles. The van der Waals surface area contributed by atoms with Gasteiger partial charge in [0, 0.05) is 17.7 Å². The van der Waals surface area contributed by atoms with Gasteiger partial charge in [-0.2, -0.15) is 5.10 Å². The van der Waals surface area contributed by atoms with Crippen molar-refractivity contribution in [3.8, 4) is 5.75 Å². The van der Waals surface area contributed by atoms with Crippen LogP contribution in [0.3, 0.4) is 0 Å². The summed E-state index contributed by atoms with van der Waals surface area (Å²) in [5, 5.41) is 34.1. The van der Waals surface area contributed by atoms with Crippen molar-refractivity contribution in [1.82, 2.24) is 10.3 Å². The van der Waals surface area contributed by atoms with E-state index in [1.807, 2.05) is 0 Å². The first-order valence-electron chi connectivity index (χ1n) is 5.41. The van der Waals surface area contributed by atoms with Crippen LogP contribution in [0, 0.1) is 10.1 Å². The third-order valence-corrected chi connectivity index (χ3v) is 2.34. The lowest BCUT2D eigenvalue weighted by Crippen LogP contribution is -2.15. The fraction of sp³-hybridized carbons (Fsp3) is 0. The Balaban J connectivity index is 2.24. The van der Waals surface area contributed by atoms with Crippen LogP contribution in [0.5, 0.6) is 5.75 Å². The minimum atomic E-state index is -0.601. The zero-order valence-electron chi connectivity index (χ0n) is 10.4. The molecule has 108 valence electrons. The molecule has 2 aromatic rings. The SMILES string of the molecule is N/C(=N/N=C\c1cc([N+](=O)[O-])ccc1O)c1nonc1N. The lowest BCUT2D eigenvalue weighted by molar-refractivity contribution is -0.384. The maximum atomic E-state index is 10.6. The number of aromatic hydroxyl groups is 1. The Kier molecular flexibility index (Phi) is 3.74. The van der Waals surface area contributed by atoms with Crippen LogP contribution in [0.25, 0.3) is 0 Å². The summed E-state index contributed by atoms with van der Waals surface area (Å²) in [6.45, 7) is 0. The average molecular weight is 291 g/mol. The maximum Gasteiger partial charge on any atom is 0.270 e. The van der Waals surface area contributed by atoms with E-state index in [1.54, 1.807) is 0 Å². The van der Waals surface area contributed by atoms with Crippen molar-refractivity contribution in [2.24, 2.45) is 15.9 Å². The van der Waals surface area contributed by atoms with Crippen LogP contribution in [0.4, 0.5) is 11.5 Å². The Morgan fingerprint density at radius 2 is 2.24 bits per heavy atom. The smallest absolute Gasteiger partial charge is 0.270 e. The third-order valence-electron chi connectivity index (χ3n) is 2.34. The highest BCUT2D eigenvalue weighted by Gasteiger charge is 2.11. The Labute approximate surface area is 116 Å². The first-order chi connectivity index (χ1) is 9.99. The van der Waals surface area contributed by atoms with Crippen molar-refractivity contribution in [3.63, 3.8) is 0 Å². The minimum absolute atomic E-state index is 0.0235. The van der Waals surface area contributed by atoms with E-state index < -0.39 is 4.92 Å². The predicted octanol–water partition coefficient (Wildman–Crippen LogP) is 0.00500. The number of hydrogen-bond acceptors (Lipinski definition) is 9. The molecule has 0 saturated heterocycles. The number of aromatic nitrogens is 2. The molecule has 2 rings (SSSR count). The van der Waals surface area contributed by atoms with Crippen LogP contribution < -0.4 is 11.5 Å². The van der Waals surface area contributed by atoms with Gasteiger partial charge in [-0.25, -0.2) is 4.63 Å². The molecule has 11 heteroatoms. The van der Waals surface area contributed by atoms with Gasteiger partial charge < -0.3 is 16.6 Å². The van der Waals surface area contributed by atoms with E-state index in [4.69, 9.17) is 11.5 Å². The zero-order valence-corrected chi connectivity index (χ0v) is 10.4. The van der Waals surface area contributed by atoms with Crippen LogP contribution in [-0.4, -0.2) is 32.4 Å². The molecule has 5 N–H and O–H groups in total. The third kappa shape index (κ3) is 3.09. The molecule has 0 aliphatic rings. The second-order valence-electron chi connectivity index (χ2n) is 3.73. The summed E-state index contributed by atoms with van der Waals surface area (Å²) in [6, 6.07) is 3.47. The number of phenols is 1. The highest BCUT2D eigenvalue weighted by molar-refractivity contribution is 5.99. The monoisotopic (exact) mass is 291 g/mol. The van der Waals surface area contributed by atoms with E-state index in [1.165, 1.54) is 6.07 Å². The number of amidine groups is 1.